The smallest absolute Gasteiger partial charge is 0.453 e. The van der Waals surface area contributed by atoms with Gasteiger partial charge in [0.05, 0.1) is 28.4 Å². The Morgan fingerprint density at radius 3 is 2.45 bits per heavy atom. The maximum atomic E-state index is 14.2. The zero-order valence-corrected chi connectivity index (χ0v) is 20.5. The summed E-state index contributed by atoms with van der Waals surface area (Å²) in [6, 6.07) is 14.4. The van der Waals surface area contributed by atoms with E-state index in [0.717, 1.165) is 30.5 Å². The summed E-state index contributed by atoms with van der Waals surface area (Å²) in [4.78, 5) is 1.49. The van der Waals surface area contributed by atoms with Crippen LogP contribution in [0.15, 0.2) is 76.0 Å². The molecular weight excluding hydrogens is 528 g/mol. The van der Waals surface area contributed by atoms with Gasteiger partial charge in [-0.15, -0.1) is 13.2 Å². The van der Waals surface area contributed by atoms with Crippen LogP contribution in [0.5, 0.6) is 17.2 Å². The molecule has 3 atom stereocenters. The minimum absolute atomic E-state index is 0.323. The molecule has 0 saturated heterocycles. The van der Waals surface area contributed by atoms with E-state index < -0.39 is 46.0 Å². The van der Waals surface area contributed by atoms with Gasteiger partial charge < -0.3 is 19.5 Å². The number of anilines is 2. The van der Waals surface area contributed by atoms with E-state index in [1.54, 1.807) is 24.3 Å². The van der Waals surface area contributed by atoms with Crippen LogP contribution in [0, 0.1) is 11.7 Å². The molecule has 1 heterocycles. The summed E-state index contributed by atoms with van der Waals surface area (Å²) in [5.41, 5.74) is 1.08. The fourth-order valence-corrected chi connectivity index (χ4v) is 5.70. The number of benzene rings is 3. The second-order valence-electron chi connectivity index (χ2n) is 8.95. The van der Waals surface area contributed by atoms with Crippen molar-refractivity contribution in [3.8, 4) is 17.2 Å². The number of para-hydroxylation sites is 2. The maximum Gasteiger partial charge on any atom is 0.573 e. The number of halogens is 4. The number of hydrogen-bond acceptors (Lipinski definition) is 6. The molecule has 3 aromatic carbocycles. The largest absolute Gasteiger partial charge is 0.573 e. The van der Waals surface area contributed by atoms with Crippen LogP contribution in [0.1, 0.15) is 19.3 Å². The van der Waals surface area contributed by atoms with E-state index in [4.69, 9.17) is 4.74 Å². The summed E-state index contributed by atoms with van der Waals surface area (Å²) < 4.78 is 90.2. The van der Waals surface area contributed by atoms with E-state index in [9.17, 15) is 31.1 Å². The Morgan fingerprint density at radius 2 is 1.71 bits per heavy atom. The third-order valence-corrected chi connectivity index (χ3v) is 7.74. The fourth-order valence-electron chi connectivity index (χ4n) is 4.78. The summed E-state index contributed by atoms with van der Waals surface area (Å²) >= 11 is 0. The van der Waals surface area contributed by atoms with Crippen molar-refractivity contribution in [2.45, 2.75) is 42.7 Å². The average molecular weight is 551 g/mol. The Bertz CT molecular complexity index is 1460. The quantitative estimate of drug-likeness (QED) is 0.312. The van der Waals surface area contributed by atoms with Crippen LogP contribution in [0.2, 0.25) is 0 Å². The first-order valence-electron chi connectivity index (χ1n) is 11.7. The Hall–Kier alpha value is -3.64. The average Bonchev–Trinajstić information content (AvgIpc) is 2.86. The second-order valence-corrected chi connectivity index (χ2v) is 10.6. The predicted molar refractivity (Wildman–Crippen MR) is 131 cm³/mol. The molecular formula is C26H22F4N2O5S. The number of alkyl halides is 3. The van der Waals surface area contributed by atoms with E-state index >= 15 is 0 Å². The normalized spacial score (nSPS) is 21.5. The van der Waals surface area contributed by atoms with Crippen LogP contribution in [-0.2, 0) is 10.0 Å². The third-order valence-electron chi connectivity index (χ3n) is 6.47. The summed E-state index contributed by atoms with van der Waals surface area (Å²) in [6.07, 6.45) is -3.18. The van der Waals surface area contributed by atoms with Crippen molar-refractivity contribution in [3.05, 3.63) is 72.5 Å². The van der Waals surface area contributed by atoms with Crippen LogP contribution in [0.3, 0.4) is 0 Å². The summed E-state index contributed by atoms with van der Waals surface area (Å²) in [5, 5.41) is 11.3. The van der Waals surface area contributed by atoms with Crippen molar-refractivity contribution in [3.63, 3.8) is 0 Å². The number of aliphatic hydroxyl groups excluding tert-OH is 1. The minimum atomic E-state index is -4.90. The lowest BCUT2D eigenvalue weighted by atomic mass is 9.82. The zero-order valence-electron chi connectivity index (χ0n) is 19.7. The molecule has 0 aromatic heterocycles. The van der Waals surface area contributed by atoms with Gasteiger partial charge in [-0.05, 0) is 61.4 Å². The molecule has 0 radical (unpaired) electrons. The molecule has 12 heteroatoms. The van der Waals surface area contributed by atoms with E-state index in [1.807, 2.05) is 4.90 Å². The van der Waals surface area contributed by atoms with E-state index in [2.05, 4.69) is 9.13 Å². The van der Waals surface area contributed by atoms with Crippen LogP contribution in [0.25, 0.3) is 0 Å². The molecule has 1 unspecified atom stereocenters. The van der Waals surface area contributed by atoms with Crippen molar-refractivity contribution in [1.29, 1.82) is 0 Å². The van der Waals surface area contributed by atoms with E-state index in [0.29, 0.717) is 42.1 Å². The van der Waals surface area contributed by atoms with Gasteiger partial charge in [0, 0.05) is 18.2 Å². The first-order chi connectivity index (χ1) is 18.0. The molecule has 0 bridgehead atoms. The molecule has 1 fully saturated rings. The van der Waals surface area contributed by atoms with Gasteiger partial charge in [-0.2, -0.15) is 12.8 Å². The minimum Gasteiger partial charge on any atom is -0.453 e. The second kappa shape index (κ2) is 9.91. The summed E-state index contributed by atoms with van der Waals surface area (Å²) in [6.45, 7) is 0. The Morgan fingerprint density at radius 1 is 1.00 bits per heavy atom. The number of ether oxygens (including phenoxy) is 2. The molecule has 1 aliphatic carbocycles. The van der Waals surface area contributed by atoms with Crippen LogP contribution >= 0.6 is 0 Å². The fraction of sp³-hybridized carbons (Fsp3) is 0.269. The predicted octanol–water partition coefficient (Wildman–Crippen LogP) is 5.96. The summed E-state index contributed by atoms with van der Waals surface area (Å²) in [7, 11) is -4.25. The molecule has 3 aromatic rings. The number of hydrogen-bond donors (Lipinski definition) is 1. The van der Waals surface area contributed by atoms with Crippen molar-refractivity contribution in [2.75, 3.05) is 4.90 Å². The number of sulfonamides is 1. The van der Waals surface area contributed by atoms with Crippen LogP contribution in [0.4, 0.5) is 28.9 Å². The van der Waals surface area contributed by atoms with Crippen LogP contribution in [-0.4, -0.2) is 38.2 Å². The molecule has 1 N–H and O–H groups in total. The number of fused-ring (bicyclic) bond motifs is 2. The van der Waals surface area contributed by atoms with Crippen molar-refractivity contribution < 1.29 is 40.6 Å². The van der Waals surface area contributed by atoms with E-state index in [1.165, 1.54) is 18.2 Å². The van der Waals surface area contributed by atoms with Gasteiger partial charge in [0.2, 0.25) is 0 Å². The van der Waals surface area contributed by atoms with Gasteiger partial charge in [-0.3, -0.25) is 0 Å². The van der Waals surface area contributed by atoms with Gasteiger partial charge >= 0.3 is 6.36 Å². The molecule has 1 saturated carbocycles. The highest BCUT2D eigenvalue weighted by Gasteiger charge is 2.39. The molecule has 200 valence electrons. The lowest BCUT2D eigenvalue weighted by molar-refractivity contribution is -0.274. The highest BCUT2D eigenvalue weighted by atomic mass is 32.2. The lowest BCUT2D eigenvalue weighted by Crippen LogP contribution is -2.48. The monoisotopic (exact) mass is 550 g/mol. The molecule has 1 aliphatic heterocycles. The zero-order chi connectivity index (χ0) is 27.1. The molecule has 2 aliphatic rings. The number of aliphatic hydroxyl groups is 1. The molecule has 5 rings (SSSR count). The van der Waals surface area contributed by atoms with Gasteiger partial charge in [0.15, 0.2) is 11.5 Å². The molecule has 0 amide bonds. The van der Waals surface area contributed by atoms with Gasteiger partial charge in [0.25, 0.3) is 10.0 Å². The number of nitrogens with zero attached hydrogens (tertiary/aromatic N) is 2. The Balaban J connectivity index is 1.40. The standard InChI is InChI=1S/C26H22F4N2O5S/c27-17-8-13-24-22(14-17)32(20-5-1-2-7-23(20)36-24)21-6-3-4-16(25(21)33)15-31-38(34,35)19-11-9-18(10-12-19)37-26(28,29)30/h1-2,5,7-16,21,25,33H,3-4,6H2/t16?,21-,25-/m0/s1. The first kappa shape index (κ1) is 26.0. The topological polar surface area (TPSA) is 88.4 Å². The number of rotatable bonds is 5. The van der Waals surface area contributed by atoms with Crippen LogP contribution < -0.4 is 14.4 Å². The highest BCUT2D eigenvalue weighted by molar-refractivity contribution is 7.90. The van der Waals surface area contributed by atoms with Gasteiger partial charge in [0.1, 0.15) is 11.6 Å². The van der Waals surface area contributed by atoms with Gasteiger partial charge in [-0.1, -0.05) is 18.6 Å². The summed E-state index contributed by atoms with van der Waals surface area (Å²) in [5.74, 6) is -0.724. The Labute approximate surface area is 216 Å². The lowest BCUT2D eigenvalue weighted by Gasteiger charge is -2.44. The molecule has 38 heavy (non-hydrogen) atoms. The molecule has 0 spiro atoms. The highest BCUT2D eigenvalue weighted by Crippen LogP contribution is 2.49. The first-order valence-corrected chi connectivity index (χ1v) is 13.2. The van der Waals surface area contributed by atoms with Crippen molar-refractivity contribution in [2.24, 2.45) is 10.3 Å². The van der Waals surface area contributed by atoms with Crippen molar-refractivity contribution in [1.82, 2.24) is 0 Å². The van der Waals surface area contributed by atoms with E-state index in [-0.39, 0.29) is 4.90 Å². The molecule has 7 nitrogen and oxygen atoms in total. The van der Waals surface area contributed by atoms with Gasteiger partial charge in [-0.25, -0.2) is 4.39 Å². The maximum absolute atomic E-state index is 14.2. The van der Waals surface area contributed by atoms with Crippen molar-refractivity contribution >= 4 is 27.6 Å². The third kappa shape index (κ3) is 5.32. The Kier molecular flexibility index (Phi) is 6.78. The SMILES string of the molecule is O=S(=O)(N=CC1CCC[C@H](N2c3ccccc3Oc3ccc(F)cc32)[C@H]1O)c1ccc(OC(F)(F)F)cc1.